The third-order valence-electron chi connectivity index (χ3n) is 25.5. The van der Waals surface area contributed by atoms with Gasteiger partial charge in [-0.1, -0.05) is 94.3 Å². The van der Waals surface area contributed by atoms with Crippen LogP contribution in [0.2, 0.25) is 0 Å². The van der Waals surface area contributed by atoms with Gasteiger partial charge in [0, 0.05) is 16.2 Å². The fraction of sp³-hybridized carbons (Fsp3) is 0.810. The SMILES string of the molecule is C#C[C@]1(O)CCC2C3C(CC[C@@]21C)[C@@]1(C)CC[C@H](O)CC1=C[C@@H]3O.C#C[C@]1(O)CCC2C3C(CC[C@@]21C)[C@@]1(C)CC[C@H](O)CC1=C[C@@H]3O.C#C[C@]1(O)CCC2C3C(CC[C@@]21C)[C@@]1(C)CC[C@H](O)CC1=C[C@@H]3O. The summed E-state index contributed by atoms with van der Waals surface area (Å²) in [5.41, 5.74) is 0.0436. The fourth-order valence-corrected chi connectivity index (χ4v) is 20.7. The molecule has 9 heteroatoms. The van der Waals surface area contributed by atoms with Crippen molar-refractivity contribution in [2.45, 2.75) is 230 Å². The van der Waals surface area contributed by atoms with Gasteiger partial charge in [-0.05, 0) is 204 Å². The van der Waals surface area contributed by atoms with E-state index in [1.807, 2.05) is 18.2 Å². The summed E-state index contributed by atoms with van der Waals surface area (Å²) in [5, 5.41) is 96.0. The van der Waals surface area contributed by atoms with Crippen molar-refractivity contribution >= 4 is 0 Å². The van der Waals surface area contributed by atoms with Gasteiger partial charge in [-0.25, -0.2) is 0 Å². The van der Waals surface area contributed by atoms with Crippen molar-refractivity contribution in [3.63, 3.8) is 0 Å². The molecule has 0 heterocycles. The zero-order valence-electron chi connectivity index (χ0n) is 44.5. The van der Waals surface area contributed by atoms with Gasteiger partial charge in [0.05, 0.1) is 36.6 Å². The summed E-state index contributed by atoms with van der Waals surface area (Å²) in [6.45, 7) is 13.4. The molecule has 0 aromatic heterocycles. The normalized spacial score (nSPS) is 56.5. The summed E-state index contributed by atoms with van der Waals surface area (Å²) >= 11 is 0. The van der Waals surface area contributed by atoms with Crippen LogP contribution in [0.25, 0.3) is 0 Å². The highest BCUT2D eigenvalue weighted by molar-refractivity contribution is 5.34. The molecule has 0 saturated heterocycles. The molecule has 12 rings (SSSR count). The number of fused-ring (bicyclic) bond motifs is 15. The molecule has 9 fully saturated rings. The maximum absolute atomic E-state index is 11.0. The molecule has 9 saturated carbocycles. The predicted molar refractivity (Wildman–Crippen MR) is 279 cm³/mol. The van der Waals surface area contributed by atoms with Crippen molar-refractivity contribution in [3.05, 3.63) is 34.9 Å². The first kappa shape index (κ1) is 53.0. The van der Waals surface area contributed by atoms with Gasteiger partial charge in [-0.2, -0.15) is 0 Å². The average molecular weight is 991 g/mol. The highest BCUT2D eigenvalue weighted by atomic mass is 16.3. The zero-order chi connectivity index (χ0) is 52.0. The molecule has 0 radical (unpaired) electrons. The third-order valence-corrected chi connectivity index (χ3v) is 25.5. The lowest BCUT2D eigenvalue weighted by atomic mass is 9.46. The van der Waals surface area contributed by atoms with Crippen LogP contribution in [-0.4, -0.2) is 99.4 Å². The summed E-state index contributed by atoms with van der Waals surface area (Å²) in [4.78, 5) is 0. The van der Waals surface area contributed by atoms with Crippen LogP contribution in [0, 0.1) is 123 Å². The molecule has 9 unspecified atom stereocenters. The van der Waals surface area contributed by atoms with E-state index in [1.54, 1.807) is 0 Å². The van der Waals surface area contributed by atoms with E-state index in [2.05, 4.69) is 59.3 Å². The highest BCUT2D eigenvalue weighted by Gasteiger charge is 2.68. The summed E-state index contributed by atoms with van der Waals surface area (Å²) in [7, 11) is 0. The molecule has 9 nitrogen and oxygen atoms in total. The topological polar surface area (TPSA) is 182 Å². The van der Waals surface area contributed by atoms with Gasteiger partial charge in [-0.3, -0.25) is 0 Å². The number of hydrogen-bond acceptors (Lipinski definition) is 9. The molecule has 12 aliphatic rings. The predicted octanol–water partition coefficient (Wildman–Crippen LogP) is 7.94. The molecule has 396 valence electrons. The highest BCUT2D eigenvalue weighted by Crippen LogP contribution is 2.70. The molecular weight excluding hydrogens is 901 g/mol. The second-order valence-electron chi connectivity index (χ2n) is 27.9. The number of hydrogen-bond donors (Lipinski definition) is 9. The van der Waals surface area contributed by atoms with Gasteiger partial charge in [-0.15, -0.1) is 19.3 Å². The minimum atomic E-state index is -1.03. The van der Waals surface area contributed by atoms with Crippen LogP contribution >= 0.6 is 0 Å². The maximum Gasteiger partial charge on any atom is 0.130 e. The van der Waals surface area contributed by atoms with E-state index in [9.17, 15) is 46.0 Å². The van der Waals surface area contributed by atoms with Gasteiger partial charge >= 0.3 is 0 Å². The summed E-state index contributed by atoms with van der Waals surface area (Å²) in [6, 6.07) is 0. The number of rotatable bonds is 0. The second-order valence-corrected chi connectivity index (χ2v) is 27.9. The maximum atomic E-state index is 11.0. The second kappa shape index (κ2) is 17.8. The molecule has 0 bridgehead atoms. The van der Waals surface area contributed by atoms with Crippen molar-refractivity contribution in [2.75, 3.05) is 0 Å². The molecule has 0 spiro atoms. The van der Waals surface area contributed by atoms with Crippen molar-refractivity contribution in [1.82, 2.24) is 0 Å². The van der Waals surface area contributed by atoms with Crippen LogP contribution < -0.4 is 0 Å². The molecule has 9 N–H and O–H groups in total. The molecule has 0 amide bonds. The lowest BCUT2D eigenvalue weighted by Gasteiger charge is -2.59. The van der Waals surface area contributed by atoms with E-state index in [0.29, 0.717) is 56.3 Å². The molecule has 24 atom stereocenters. The van der Waals surface area contributed by atoms with Crippen LogP contribution in [0.15, 0.2) is 34.9 Å². The molecule has 0 aromatic carbocycles. The van der Waals surface area contributed by atoms with Crippen LogP contribution in [0.4, 0.5) is 0 Å². The third kappa shape index (κ3) is 7.36. The van der Waals surface area contributed by atoms with Crippen molar-refractivity contribution in [3.8, 4) is 37.0 Å². The van der Waals surface area contributed by atoms with E-state index < -0.39 is 35.1 Å². The Labute approximate surface area is 431 Å². The minimum absolute atomic E-state index is 0.0846. The summed E-state index contributed by atoms with van der Waals surface area (Å²) < 4.78 is 0. The first-order valence-electron chi connectivity index (χ1n) is 28.6. The molecular formula is C63H90O9. The zero-order valence-corrected chi connectivity index (χ0v) is 44.5. The Morgan fingerprint density at radius 3 is 0.833 bits per heavy atom. The Bertz CT molecular complexity index is 2110. The molecule has 0 aromatic rings. The minimum Gasteiger partial charge on any atom is -0.393 e. The Hall–Kier alpha value is -2.46. The van der Waals surface area contributed by atoms with E-state index in [0.717, 1.165) is 96.3 Å². The van der Waals surface area contributed by atoms with E-state index >= 15 is 0 Å². The smallest absolute Gasteiger partial charge is 0.130 e. The van der Waals surface area contributed by atoms with Gasteiger partial charge < -0.3 is 46.0 Å². The van der Waals surface area contributed by atoms with Gasteiger partial charge in [0.2, 0.25) is 0 Å². The number of aliphatic hydroxyl groups excluding tert-OH is 6. The lowest BCUT2D eigenvalue weighted by molar-refractivity contribution is -0.123. The van der Waals surface area contributed by atoms with E-state index in [-0.39, 0.29) is 86.3 Å². The monoisotopic (exact) mass is 991 g/mol. The van der Waals surface area contributed by atoms with Crippen LogP contribution in [-0.2, 0) is 0 Å². The van der Waals surface area contributed by atoms with E-state index in [4.69, 9.17) is 19.3 Å². The van der Waals surface area contributed by atoms with Crippen molar-refractivity contribution < 1.29 is 46.0 Å². The largest absolute Gasteiger partial charge is 0.393 e. The van der Waals surface area contributed by atoms with Crippen molar-refractivity contribution in [2.24, 2.45) is 85.8 Å². The Kier molecular flexibility index (Phi) is 13.1. The van der Waals surface area contributed by atoms with Gasteiger partial charge in [0.25, 0.3) is 0 Å². The van der Waals surface area contributed by atoms with Crippen LogP contribution in [0.1, 0.15) is 176 Å². The summed E-state index contributed by atoms with van der Waals surface area (Å²) in [5.74, 6) is 10.7. The number of terminal acetylenes is 3. The average Bonchev–Trinajstić information content (AvgIpc) is 3.90. The van der Waals surface area contributed by atoms with Crippen LogP contribution in [0.3, 0.4) is 0 Å². The van der Waals surface area contributed by atoms with Gasteiger partial charge in [0.15, 0.2) is 0 Å². The van der Waals surface area contributed by atoms with Crippen molar-refractivity contribution in [1.29, 1.82) is 0 Å². The molecule has 72 heavy (non-hydrogen) atoms. The van der Waals surface area contributed by atoms with Crippen LogP contribution in [0.5, 0.6) is 0 Å². The lowest BCUT2D eigenvalue weighted by Crippen LogP contribution is -2.57. The standard InChI is InChI=1S/3C21H30O3/c3*1-4-21(24)10-7-16-18-15(6-9-20(16,21)3)19(2)8-5-14(22)11-13(19)12-17(18)23/h3*1,12,14-18,22-24H,5-11H2,2-3H3/t3*14-,15?,16?,17-,18?,19-,20-,21-/m000/s1. The fourth-order valence-electron chi connectivity index (χ4n) is 20.7. The quantitative estimate of drug-likeness (QED) is 0.0860. The van der Waals surface area contributed by atoms with E-state index in [1.165, 1.54) is 16.7 Å². The Morgan fingerprint density at radius 2 is 0.597 bits per heavy atom. The van der Waals surface area contributed by atoms with Gasteiger partial charge in [0.1, 0.15) is 16.8 Å². The summed E-state index contributed by atoms with van der Waals surface area (Å²) in [6.07, 6.45) is 39.1. The molecule has 12 aliphatic carbocycles. The first-order valence-corrected chi connectivity index (χ1v) is 28.6. The number of aliphatic hydroxyl groups is 9. The Morgan fingerprint density at radius 1 is 0.361 bits per heavy atom. The Balaban J connectivity index is 0.000000124. The molecule has 0 aliphatic heterocycles. The first-order chi connectivity index (χ1) is 33.7.